The Morgan fingerprint density at radius 2 is 2.00 bits per heavy atom. The molecule has 0 bridgehead atoms. The second-order valence-corrected chi connectivity index (χ2v) is 3.08. The number of ether oxygens (including phenoxy) is 1. The number of esters is 1. The van der Waals surface area contributed by atoms with E-state index < -0.39 is 34.7 Å². The molecule has 0 heterocycles. The molecule has 3 nitrogen and oxygen atoms in total. The Bertz CT molecular complexity index is 395. The topological polar surface area (TPSA) is 52.3 Å². The third kappa shape index (κ3) is 2.26. The molecule has 0 amide bonds. The molecule has 0 aliphatic carbocycles. The van der Waals surface area contributed by atoms with E-state index in [-0.39, 0.29) is 12.7 Å². The fourth-order valence-electron chi connectivity index (χ4n) is 1.08. The third-order valence-corrected chi connectivity index (χ3v) is 1.85. The summed E-state index contributed by atoms with van der Waals surface area (Å²) in [5.41, 5.74) is 3.50. The van der Waals surface area contributed by atoms with E-state index in [1.807, 2.05) is 0 Å². The standard InChI is InChI=1S/C10H10F3NO2/c1-2-3-16-10(15)7-8(13)5(11)4-6(12)9(7)14/h4H,2-3,14H2,1H3. The van der Waals surface area contributed by atoms with E-state index in [1.54, 1.807) is 6.92 Å². The fraction of sp³-hybridized carbons (Fsp3) is 0.300. The van der Waals surface area contributed by atoms with Gasteiger partial charge < -0.3 is 10.5 Å². The van der Waals surface area contributed by atoms with Crippen molar-refractivity contribution in [1.82, 2.24) is 0 Å². The highest BCUT2D eigenvalue weighted by Gasteiger charge is 2.23. The van der Waals surface area contributed by atoms with Gasteiger partial charge in [-0.05, 0) is 6.42 Å². The molecule has 6 heteroatoms. The molecule has 0 aliphatic rings. The number of carbonyl (C=O) groups excluding carboxylic acids is 1. The van der Waals surface area contributed by atoms with Gasteiger partial charge in [0.15, 0.2) is 11.6 Å². The minimum atomic E-state index is -1.50. The van der Waals surface area contributed by atoms with Crippen LogP contribution in [0.4, 0.5) is 18.9 Å². The zero-order valence-electron chi connectivity index (χ0n) is 8.52. The first-order valence-electron chi connectivity index (χ1n) is 4.59. The molecule has 1 aromatic rings. The minimum Gasteiger partial charge on any atom is -0.462 e. The molecule has 0 unspecified atom stereocenters. The van der Waals surface area contributed by atoms with E-state index in [9.17, 15) is 18.0 Å². The summed E-state index contributed by atoms with van der Waals surface area (Å²) >= 11 is 0. The molecule has 0 saturated carbocycles. The number of rotatable bonds is 3. The summed E-state index contributed by atoms with van der Waals surface area (Å²) in [5.74, 6) is -5.34. The van der Waals surface area contributed by atoms with Crippen molar-refractivity contribution >= 4 is 11.7 Å². The number of nitrogens with two attached hydrogens (primary N) is 1. The van der Waals surface area contributed by atoms with Crippen LogP contribution < -0.4 is 5.73 Å². The summed E-state index contributed by atoms with van der Waals surface area (Å²) in [6.45, 7) is 1.75. The van der Waals surface area contributed by atoms with Crippen LogP contribution >= 0.6 is 0 Å². The summed E-state index contributed by atoms with van der Waals surface area (Å²) in [6.07, 6.45) is 0.505. The Morgan fingerprint density at radius 1 is 1.38 bits per heavy atom. The number of anilines is 1. The first kappa shape index (κ1) is 12.4. The lowest BCUT2D eigenvalue weighted by Gasteiger charge is -2.08. The van der Waals surface area contributed by atoms with E-state index in [1.165, 1.54) is 0 Å². The Balaban J connectivity index is 3.16. The van der Waals surface area contributed by atoms with E-state index in [0.29, 0.717) is 6.42 Å². The van der Waals surface area contributed by atoms with Gasteiger partial charge in [0.1, 0.15) is 11.4 Å². The molecule has 0 radical (unpaired) electrons. The molecule has 16 heavy (non-hydrogen) atoms. The average Bonchev–Trinajstić information content (AvgIpc) is 2.24. The van der Waals surface area contributed by atoms with Gasteiger partial charge in [-0.1, -0.05) is 6.92 Å². The molecule has 0 atom stereocenters. The molecule has 0 spiro atoms. The molecule has 0 aliphatic heterocycles. The quantitative estimate of drug-likeness (QED) is 0.495. The molecule has 0 aromatic heterocycles. The van der Waals surface area contributed by atoms with E-state index in [0.717, 1.165) is 0 Å². The number of benzene rings is 1. The zero-order valence-corrected chi connectivity index (χ0v) is 8.52. The van der Waals surface area contributed by atoms with Crippen LogP contribution in [-0.2, 0) is 4.74 Å². The maximum atomic E-state index is 13.2. The van der Waals surface area contributed by atoms with Crippen molar-refractivity contribution in [2.45, 2.75) is 13.3 Å². The van der Waals surface area contributed by atoms with Crippen LogP contribution in [0.1, 0.15) is 23.7 Å². The fourth-order valence-corrected chi connectivity index (χ4v) is 1.08. The predicted molar refractivity (Wildman–Crippen MR) is 51.3 cm³/mol. The van der Waals surface area contributed by atoms with Gasteiger partial charge in [0.2, 0.25) is 0 Å². The van der Waals surface area contributed by atoms with Crippen molar-refractivity contribution in [1.29, 1.82) is 0 Å². The van der Waals surface area contributed by atoms with Crippen LogP contribution in [0.2, 0.25) is 0 Å². The summed E-state index contributed by atoms with van der Waals surface area (Å²) in [6, 6.07) is 0.279. The van der Waals surface area contributed by atoms with Crippen molar-refractivity contribution in [3.8, 4) is 0 Å². The highest BCUT2D eigenvalue weighted by molar-refractivity contribution is 5.95. The second-order valence-electron chi connectivity index (χ2n) is 3.08. The molecule has 0 saturated heterocycles. The van der Waals surface area contributed by atoms with E-state index in [2.05, 4.69) is 4.74 Å². The molecule has 2 N–H and O–H groups in total. The SMILES string of the molecule is CCCOC(=O)c1c(N)c(F)cc(F)c1F. The number of carbonyl (C=O) groups is 1. The molecule has 1 aromatic carbocycles. The van der Waals surface area contributed by atoms with Crippen LogP contribution in [0.5, 0.6) is 0 Å². The Labute approximate surface area is 90.0 Å². The molecule has 1 rings (SSSR count). The molecular weight excluding hydrogens is 223 g/mol. The lowest BCUT2D eigenvalue weighted by molar-refractivity contribution is 0.0499. The highest BCUT2D eigenvalue weighted by Crippen LogP contribution is 2.23. The number of halogens is 3. The lowest BCUT2D eigenvalue weighted by atomic mass is 10.1. The first-order valence-corrected chi connectivity index (χ1v) is 4.59. The van der Waals surface area contributed by atoms with E-state index >= 15 is 0 Å². The summed E-state index contributed by atoms with van der Waals surface area (Å²) < 4.78 is 43.5. The van der Waals surface area contributed by atoms with E-state index in [4.69, 9.17) is 5.73 Å². The Morgan fingerprint density at radius 3 is 2.56 bits per heavy atom. The van der Waals surface area contributed by atoms with Crippen LogP contribution in [-0.4, -0.2) is 12.6 Å². The smallest absolute Gasteiger partial charge is 0.343 e. The lowest BCUT2D eigenvalue weighted by Crippen LogP contribution is -2.14. The Kier molecular flexibility index (Phi) is 3.76. The maximum absolute atomic E-state index is 13.2. The molecular formula is C10H10F3NO2. The number of nitrogen functional groups attached to an aromatic ring is 1. The Hall–Kier alpha value is -1.72. The zero-order chi connectivity index (χ0) is 12.3. The molecule has 0 fully saturated rings. The van der Waals surface area contributed by atoms with Gasteiger partial charge in [0.25, 0.3) is 0 Å². The van der Waals surface area contributed by atoms with Crippen molar-refractivity contribution in [2.75, 3.05) is 12.3 Å². The van der Waals surface area contributed by atoms with Crippen molar-refractivity contribution in [3.63, 3.8) is 0 Å². The summed E-state index contributed by atoms with van der Waals surface area (Å²) in [4.78, 5) is 11.3. The van der Waals surface area contributed by atoms with Gasteiger partial charge in [-0.25, -0.2) is 18.0 Å². The van der Waals surface area contributed by atoms with Crippen molar-refractivity contribution in [3.05, 3.63) is 29.1 Å². The third-order valence-electron chi connectivity index (χ3n) is 1.85. The number of hydrogen-bond donors (Lipinski definition) is 1. The monoisotopic (exact) mass is 233 g/mol. The first-order chi connectivity index (χ1) is 7.49. The van der Waals surface area contributed by atoms with Crippen molar-refractivity contribution < 1.29 is 22.7 Å². The minimum absolute atomic E-state index is 0.0237. The van der Waals surface area contributed by atoms with Gasteiger partial charge in [0.05, 0.1) is 12.3 Å². The predicted octanol–water partition coefficient (Wildman–Crippen LogP) is 2.25. The largest absolute Gasteiger partial charge is 0.462 e. The maximum Gasteiger partial charge on any atom is 0.343 e. The van der Waals surface area contributed by atoms with Crippen LogP contribution in [0.25, 0.3) is 0 Å². The van der Waals surface area contributed by atoms with Crippen LogP contribution in [0, 0.1) is 17.5 Å². The normalized spacial score (nSPS) is 10.2. The van der Waals surface area contributed by atoms with Gasteiger partial charge >= 0.3 is 5.97 Å². The van der Waals surface area contributed by atoms with Gasteiger partial charge in [-0.15, -0.1) is 0 Å². The average molecular weight is 233 g/mol. The molecule has 88 valence electrons. The van der Waals surface area contributed by atoms with Gasteiger partial charge in [-0.3, -0.25) is 0 Å². The van der Waals surface area contributed by atoms with Crippen LogP contribution in [0.3, 0.4) is 0 Å². The second kappa shape index (κ2) is 4.87. The summed E-state index contributed by atoms with van der Waals surface area (Å²) in [7, 11) is 0. The van der Waals surface area contributed by atoms with Crippen molar-refractivity contribution in [2.24, 2.45) is 0 Å². The van der Waals surface area contributed by atoms with Gasteiger partial charge in [0, 0.05) is 6.07 Å². The summed E-state index contributed by atoms with van der Waals surface area (Å²) in [5, 5.41) is 0. The highest BCUT2D eigenvalue weighted by atomic mass is 19.2. The van der Waals surface area contributed by atoms with Gasteiger partial charge in [-0.2, -0.15) is 0 Å². The van der Waals surface area contributed by atoms with Crippen LogP contribution in [0.15, 0.2) is 6.07 Å². The number of hydrogen-bond acceptors (Lipinski definition) is 3.